The van der Waals surface area contributed by atoms with Gasteiger partial charge in [-0.25, -0.2) is 0 Å². The topological polar surface area (TPSA) is 79.5 Å². The number of rotatable bonds is 4. The fourth-order valence-electron chi connectivity index (χ4n) is 2.47. The molecule has 0 spiro atoms. The summed E-state index contributed by atoms with van der Waals surface area (Å²) in [6.45, 7) is 0. The Morgan fingerprint density at radius 2 is 1.73 bits per heavy atom. The van der Waals surface area contributed by atoms with Crippen molar-refractivity contribution in [2.75, 3.05) is 16.0 Å². The molecule has 3 N–H and O–H groups in total. The van der Waals surface area contributed by atoms with Crippen LogP contribution >= 0.6 is 0 Å². The number of hydrogen-bond acceptors (Lipinski definition) is 4. The van der Waals surface area contributed by atoms with Crippen LogP contribution in [0.2, 0.25) is 0 Å². The lowest BCUT2D eigenvalue weighted by atomic mass is 10.1. The van der Waals surface area contributed by atoms with Gasteiger partial charge in [-0.1, -0.05) is 12.1 Å². The Morgan fingerprint density at radius 3 is 2.38 bits per heavy atom. The first kappa shape index (κ1) is 17.6. The lowest BCUT2D eigenvalue weighted by Gasteiger charge is -2.26. The average Bonchev–Trinajstić information content (AvgIpc) is 2.56. The normalized spacial score (nSPS) is 16.1. The van der Waals surface area contributed by atoms with Crippen molar-refractivity contribution in [1.82, 2.24) is 0 Å². The van der Waals surface area contributed by atoms with E-state index in [-0.39, 0.29) is 18.1 Å². The molecule has 3 rings (SSSR count). The number of alkyl halides is 3. The molecule has 1 aliphatic rings. The molecule has 1 heterocycles. The summed E-state index contributed by atoms with van der Waals surface area (Å²) in [6.07, 6.45) is -4.91. The molecule has 0 saturated heterocycles. The zero-order chi connectivity index (χ0) is 18.7. The third kappa shape index (κ3) is 4.44. The zero-order valence-corrected chi connectivity index (χ0v) is 13.3. The minimum absolute atomic E-state index is 0.138. The Bertz CT molecular complexity index is 822. The molecule has 0 fully saturated rings. The first-order valence-corrected chi connectivity index (χ1v) is 7.62. The number of amides is 2. The summed E-state index contributed by atoms with van der Waals surface area (Å²) in [5, 5.41) is 8.21. The molecule has 2 aromatic rings. The Kier molecular flexibility index (Phi) is 4.70. The van der Waals surface area contributed by atoms with Crippen molar-refractivity contribution in [2.24, 2.45) is 0 Å². The van der Waals surface area contributed by atoms with Crippen molar-refractivity contribution < 1.29 is 27.5 Å². The van der Waals surface area contributed by atoms with Gasteiger partial charge in [-0.15, -0.1) is 13.2 Å². The maximum atomic E-state index is 12.1. The van der Waals surface area contributed by atoms with Crippen LogP contribution in [0.25, 0.3) is 0 Å². The zero-order valence-electron chi connectivity index (χ0n) is 13.3. The fourth-order valence-corrected chi connectivity index (χ4v) is 2.47. The lowest BCUT2D eigenvalue weighted by molar-refractivity contribution is -0.274. The second-order valence-electron chi connectivity index (χ2n) is 5.56. The Morgan fingerprint density at radius 1 is 1.08 bits per heavy atom. The molecule has 1 aliphatic heterocycles. The van der Waals surface area contributed by atoms with E-state index < -0.39 is 18.3 Å². The SMILES string of the molecule is O=C(C[C@@H]1Nc2ccccc2NC1=O)Nc1ccc(OC(F)(F)F)cc1. The van der Waals surface area contributed by atoms with E-state index in [4.69, 9.17) is 0 Å². The summed E-state index contributed by atoms with van der Waals surface area (Å²) in [7, 11) is 0. The summed E-state index contributed by atoms with van der Waals surface area (Å²) in [6, 6.07) is 11.1. The van der Waals surface area contributed by atoms with E-state index in [1.807, 2.05) is 0 Å². The molecule has 0 aromatic heterocycles. The highest BCUT2D eigenvalue weighted by molar-refractivity contribution is 6.06. The van der Waals surface area contributed by atoms with Crippen LogP contribution < -0.4 is 20.7 Å². The van der Waals surface area contributed by atoms with E-state index in [1.54, 1.807) is 24.3 Å². The van der Waals surface area contributed by atoms with Crippen LogP contribution in [0, 0.1) is 0 Å². The van der Waals surface area contributed by atoms with Gasteiger partial charge in [0.1, 0.15) is 11.8 Å². The summed E-state index contributed by atoms with van der Waals surface area (Å²) in [5.74, 6) is -1.19. The number of para-hydroxylation sites is 2. The van der Waals surface area contributed by atoms with Crippen LogP contribution in [-0.2, 0) is 9.59 Å². The van der Waals surface area contributed by atoms with E-state index in [0.29, 0.717) is 17.1 Å². The number of anilines is 3. The van der Waals surface area contributed by atoms with Gasteiger partial charge in [-0.2, -0.15) is 0 Å². The van der Waals surface area contributed by atoms with Crippen molar-refractivity contribution in [3.8, 4) is 5.75 Å². The lowest BCUT2D eigenvalue weighted by Crippen LogP contribution is -2.41. The summed E-state index contributed by atoms with van der Waals surface area (Å²) < 4.78 is 40.1. The molecule has 0 unspecified atom stereocenters. The van der Waals surface area contributed by atoms with Gasteiger partial charge in [0, 0.05) is 5.69 Å². The minimum atomic E-state index is -4.78. The highest BCUT2D eigenvalue weighted by atomic mass is 19.4. The molecule has 2 aromatic carbocycles. The average molecular weight is 365 g/mol. The van der Waals surface area contributed by atoms with E-state index in [2.05, 4.69) is 20.7 Å². The standard InChI is InChI=1S/C17H14F3N3O3/c18-17(19,20)26-11-7-5-10(6-8-11)21-15(24)9-14-16(25)23-13-4-2-1-3-12(13)22-14/h1-8,14,22H,9H2,(H,21,24)(H,23,25)/t14-/m0/s1. The van der Waals surface area contributed by atoms with Crippen molar-refractivity contribution in [3.05, 3.63) is 48.5 Å². The number of halogens is 3. The van der Waals surface area contributed by atoms with E-state index in [9.17, 15) is 22.8 Å². The predicted octanol–water partition coefficient (Wildman–Crippen LogP) is 3.35. The highest BCUT2D eigenvalue weighted by Gasteiger charge is 2.31. The number of fused-ring (bicyclic) bond motifs is 1. The summed E-state index contributed by atoms with van der Waals surface area (Å²) in [4.78, 5) is 24.2. The van der Waals surface area contributed by atoms with Crippen LogP contribution in [0.5, 0.6) is 5.75 Å². The van der Waals surface area contributed by atoms with E-state index >= 15 is 0 Å². The largest absolute Gasteiger partial charge is 0.573 e. The van der Waals surface area contributed by atoms with Crippen LogP contribution in [0.15, 0.2) is 48.5 Å². The molecule has 0 radical (unpaired) electrons. The summed E-state index contributed by atoms with van der Waals surface area (Å²) >= 11 is 0. The highest BCUT2D eigenvalue weighted by Crippen LogP contribution is 2.27. The molecule has 6 nitrogen and oxygen atoms in total. The van der Waals surface area contributed by atoms with E-state index in [0.717, 1.165) is 12.1 Å². The fraction of sp³-hybridized carbons (Fsp3) is 0.176. The van der Waals surface area contributed by atoms with Gasteiger partial charge in [0.2, 0.25) is 11.8 Å². The van der Waals surface area contributed by atoms with Crippen LogP contribution in [0.4, 0.5) is 30.2 Å². The smallest absolute Gasteiger partial charge is 0.406 e. The molecule has 0 aliphatic carbocycles. The number of nitrogens with one attached hydrogen (secondary N) is 3. The van der Waals surface area contributed by atoms with Crippen LogP contribution in [0.1, 0.15) is 6.42 Å². The molecule has 0 saturated carbocycles. The molecular weight excluding hydrogens is 351 g/mol. The Balaban J connectivity index is 1.58. The summed E-state index contributed by atoms with van der Waals surface area (Å²) in [5.41, 5.74) is 1.63. The third-order valence-electron chi connectivity index (χ3n) is 3.59. The van der Waals surface area contributed by atoms with Crippen LogP contribution in [-0.4, -0.2) is 24.2 Å². The number of carbonyl (C=O) groups is 2. The maximum Gasteiger partial charge on any atom is 0.573 e. The van der Waals surface area contributed by atoms with Gasteiger partial charge in [0.15, 0.2) is 0 Å². The van der Waals surface area contributed by atoms with Crippen LogP contribution in [0.3, 0.4) is 0 Å². The van der Waals surface area contributed by atoms with Gasteiger partial charge in [-0.05, 0) is 36.4 Å². The Hall–Kier alpha value is -3.23. The van der Waals surface area contributed by atoms with Gasteiger partial charge < -0.3 is 20.7 Å². The van der Waals surface area contributed by atoms with Crippen molar-refractivity contribution in [3.63, 3.8) is 0 Å². The van der Waals surface area contributed by atoms with E-state index in [1.165, 1.54) is 12.1 Å². The minimum Gasteiger partial charge on any atom is -0.406 e. The second kappa shape index (κ2) is 6.95. The number of hydrogen-bond donors (Lipinski definition) is 3. The van der Waals surface area contributed by atoms with Crippen molar-refractivity contribution >= 4 is 28.9 Å². The quantitative estimate of drug-likeness (QED) is 0.776. The first-order valence-electron chi connectivity index (χ1n) is 7.62. The molecule has 9 heteroatoms. The van der Waals surface area contributed by atoms with Gasteiger partial charge >= 0.3 is 6.36 Å². The molecular formula is C17H14F3N3O3. The van der Waals surface area contributed by atoms with Gasteiger partial charge in [0.25, 0.3) is 0 Å². The monoisotopic (exact) mass is 365 g/mol. The van der Waals surface area contributed by atoms with Crippen molar-refractivity contribution in [2.45, 2.75) is 18.8 Å². The molecule has 1 atom stereocenters. The van der Waals surface area contributed by atoms with Gasteiger partial charge in [0.05, 0.1) is 17.8 Å². The Labute approximate surface area is 146 Å². The molecule has 136 valence electrons. The predicted molar refractivity (Wildman–Crippen MR) is 88.9 cm³/mol. The molecule has 2 amide bonds. The number of carbonyl (C=O) groups excluding carboxylic acids is 2. The van der Waals surface area contributed by atoms with Gasteiger partial charge in [-0.3, -0.25) is 9.59 Å². The second-order valence-corrected chi connectivity index (χ2v) is 5.56. The first-order chi connectivity index (χ1) is 12.3. The number of ether oxygens (including phenoxy) is 1. The third-order valence-corrected chi connectivity index (χ3v) is 3.59. The van der Waals surface area contributed by atoms with Crippen molar-refractivity contribution in [1.29, 1.82) is 0 Å². The molecule has 26 heavy (non-hydrogen) atoms. The number of benzene rings is 2. The maximum absolute atomic E-state index is 12.1. The molecule has 0 bridgehead atoms.